The third-order valence-corrected chi connectivity index (χ3v) is 5.24. The van der Waals surface area contributed by atoms with Crippen LogP contribution >= 0.6 is 0 Å². The predicted octanol–water partition coefficient (Wildman–Crippen LogP) is 4.18. The summed E-state index contributed by atoms with van der Waals surface area (Å²) in [6, 6.07) is 16.1. The van der Waals surface area contributed by atoms with Crippen molar-refractivity contribution in [2.24, 2.45) is 7.05 Å². The molecule has 2 heterocycles. The van der Waals surface area contributed by atoms with Crippen LogP contribution in [0.5, 0.6) is 0 Å². The Morgan fingerprint density at radius 2 is 1.87 bits per heavy atom. The third kappa shape index (κ3) is 3.77. The van der Waals surface area contributed by atoms with E-state index in [0.29, 0.717) is 16.7 Å². The lowest BCUT2D eigenvalue weighted by molar-refractivity contribution is 0.0697. The van der Waals surface area contributed by atoms with Crippen molar-refractivity contribution >= 4 is 22.7 Å². The molecule has 0 fully saturated rings. The number of aromatic nitrogens is 3. The standard InChI is InChI=1S/C24H22N4O3/c1-14-12-18(15(2)26-21-17(24(30)31)10-7-11-25-21)20-19(13-14)23(29)28(3)22(27-20)16-8-5-4-6-9-16/h4-13,15H,1-3H3,(H,25,26)(H,30,31)/t15-/m0/s1. The minimum Gasteiger partial charge on any atom is -0.478 e. The van der Waals surface area contributed by atoms with Crippen molar-refractivity contribution in [3.05, 3.63) is 87.8 Å². The Balaban J connectivity index is 1.89. The Kier molecular flexibility index (Phi) is 5.25. The Labute approximate surface area is 179 Å². The first-order chi connectivity index (χ1) is 14.9. The first kappa shape index (κ1) is 20.3. The minimum atomic E-state index is -1.06. The van der Waals surface area contributed by atoms with Crippen LogP contribution in [0.15, 0.2) is 65.6 Å². The molecule has 0 aliphatic heterocycles. The molecule has 0 amide bonds. The van der Waals surface area contributed by atoms with Crippen molar-refractivity contribution in [3.8, 4) is 11.4 Å². The van der Waals surface area contributed by atoms with Crippen LogP contribution in [0.3, 0.4) is 0 Å². The molecular weight excluding hydrogens is 392 g/mol. The van der Waals surface area contributed by atoms with Gasteiger partial charge in [-0.2, -0.15) is 0 Å². The number of fused-ring (bicyclic) bond motifs is 1. The smallest absolute Gasteiger partial charge is 0.339 e. The number of nitrogens with zero attached hydrogens (tertiary/aromatic N) is 3. The highest BCUT2D eigenvalue weighted by Gasteiger charge is 2.19. The van der Waals surface area contributed by atoms with Crippen LogP contribution in [0, 0.1) is 6.92 Å². The summed E-state index contributed by atoms with van der Waals surface area (Å²) in [6.45, 7) is 3.82. The van der Waals surface area contributed by atoms with Gasteiger partial charge in [0, 0.05) is 24.4 Å². The summed E-state index contributed by atoms with van der Waals surface area (Å²) >= 11 is 0. The predicted molar refractivity (Wildman–Crippen MR) is 120 cm³/mol. The average Bonchev–Trinajstić information content (AvgIpc) is 2.77. The summed E-state index contributed by atoms with van der Waals surface area (Å²) in [5.74, 6) is -0.223. The van der Waals surface area contributed by atoms with Crippen LogP contribution in [0.1, 0.15) is 34.5 Å². The van der Waals surface area contributed by atoms with Crippen molar-refractivity contribution in [1.82, 2.24) is 14.5 Å². The van der Waals surface area contributed by atoms with E-state index in [4.69, 9.17) is 4.98 Å². The highest BCUT2D eigenvalue weighted by atomic mass is 16.4. The van der Waals surface area contributed by atoms with Gasteiger partial charge in [0.2, 0.25) is 0 Å². The van der Waals surface area contributed by atoms with Gasteiger partial charge in [-0.15, -0.1) is 0 Å². The van der Waals surface area contributed by atoms with E-state index in [0.717, 1.165) is 16.7 Å². The Hall–Kier alpha value is -4.00. The van der Waals surface area contributed by atoms with Gasteiger partial charge in [-0.3, -0.25) is 9.36 Å². The summed E-state index contributed by atoms with van der Waals surface area (Å²) in [5.41, 5.74) is 3.09. The number of benzene rings is 2. The molecule has 0 saturated heterocycles. The van der Waals surface area contributed by atoms with Crippen LogP contribution in [-0.2, 0) is 7.05 Å². The number of carboxylic acid groups (broad SMARTS) is 1. The normalized spacial score (nSPS) is 12.0. The highest BCUT2D eigenvalue weighted by molar-refractivity contribution is 5.93. The summed E-state index contributed by atoms with van der Waals surface area (Å²) in [6.07, 6.45) is 1.54. The lowest BCUT2D eigenvalue weighted by Crippen LogP contribution is -2.22. The second kappa shape index (κ2) is 8.02. The van der Waals surface area contributed by atoms with Crippen LogP contribution in [0.25, 0.3) is 22.3 Å². The van der Waals surface area contributed by atoms with Crippen molar-refractivity contribution in [3.63, 3.8) is 0 Å². The SMILES string of the molecule is Cc1cc([C@H](C)Nc2ncccc2C(=O)O)c2nc(-c3ccccc3)n(C)c(=O)c2c1. The lowest BCUT2D eigenvalue weighted by Gasteiger charge is -2.19. The zero-order valence-corrected chi connectivity index (χ0v) is 17.5. The lowest BCUT2D eigenvalue weighted by atomic mass is 10.0. The topological polar surface area (TPSA) is 97.1 Å². The van der Waals surface area contributed by atoms with Crippen LogP contribution < -0.4 is 10.9 Å². The number of hydrogen-bond donors (Lipinski definition) is 2. The fourth-order valence-electron chi connectivity index (χ4n) is 3.70. The Morgan fingerprint density at radius 3 is 2.58 bits per heavy atom. The van der Waals surface area contributed by atoms with Gasteiger partial charge in [0.25, 0.3) is 5.56 Å². The van der Waals surface area contributed by atoms with Crippen LogP contribution in [0.4, 0.5) is 5.82 Å². The molecule has 31 heavy (non-hydrogen) atoms. The third-order valence-electron chi connectivity index (χ3n) is 5.24. The first-order valence-corrected chi connectivity index (χ1v) is 9.88. The Morgan fingerprint density at radius 1 is 1.13 bits per heavy atom. The maximum Gasteiger partial charge on any atom is 0.339 e. The molecule has 2 N–H and O–H groups in total. The van der Waals surface area contributed by atoms with E-state index in [1.54, 1.807) is 17.7 Å². The summed E-state index contributed by atoms with van der Waals surface area (Å²) in [5, 5.41) is 13.2. The molecule has 7 heteroatoms. The van der Waals surface area contributed by atoms with Gasteiger partial charge in [-0.1, -0.05) is 36.4 Å². The van der Waals surface area contributed by atoms with Crippen molar-refractivity contribution in [2.45, 2.75) is 19.9 Å². The molecule has 0 bridgehead atoms. The number of carboxylic acids is 1. The number of carbonyl (C=O) groups is 1. The van der Waals surface area contributed by atoms with Gasteiger partial charge in [0.1, 0.15) is 17.2 Å². The summed E-state index contributed by atoms with van der Waals surface area (Å²) in [4.78, 5) is 33.8. The first-order valence-electron chi connectivity index (χ1n) is 9.88. The summed E-state index contributed by atoms with van der Waals surface area (Å²) < 4.78 is 1.56. The second-order valence-electron chi connectivity index (χ2n) is 7.49. The minimum absolute atomic E-state index is 0.0835. The molecule has 0 aliphatic carbocycles. The monoisotopic (exact) mass is 414 g/mol. The molecule has 2 aromatic carbocycles. The van der Waals surface area contributed by atoms with Crippen molar-refractivity contribution in [2.75, 3.05) is 5.32 Å². The molecule has 0 spiro atoms. The maximum absolute atomic E-state index is 13.2. The number of anilines is 1. The Bertz CT molecular complexity index is 1350. The molecule has 0 radical (unpaired) electrons. The second-order valence-corrected chi connectivity index (χ2v) is 7.49. The molecule has 7 nitrogen and oxygen atoms in total. The van der Waals surface area contributed by atoms with Crippen molar-refractivity contribution < 1.29 is 9.90 Å². The van der Waals surface area contributed by atoms with Gasteiger partial charge in [0.15, 0.2) is 0 Å². The zero-order chi connectivity index (χ0) is 22.1. The molecule has 2 aromatic heterocycles. The van der Waals surface area contributed by atoms with E-state index in [-0.39, 0.29) is 23.0 Å². The molecule has 0 aliphatic rings. The number of aromatic carboxylic acids is 1. The van der Waals surface area contributed by atoms with E-state index in [1.165, 1.54) is 12.3 Å². The fourth-order valence-corrected chi connectivity index (χ4v) is 3.70. The molecule has 0 saturated carbocycles. The fraction of sp³-hybridized carbons (Fsp3) is 0.167. The van der Waals surface area contributed by atoms with E-state index >= 15 is 0 Å². The van der Waals surface area contributed by atoms with Gasteiger partial charge in [0.05, 0.1) is 16.9 Å². The quantitative estimate of drug-likeness (QED) is 0.509. The molecule has 4 rings (SSSR count). The van der Waals surface area contributed by atoms with E-state index in [9.17, 15) is 14.7 Å². The number of aryl methyl sites for hydroxylation is 1. The highest BCUT2D eigenvalue weighted by Crippen LogP contribution is 2.28. The van der Waals surface area contributed by atoms with Crippen LogP contribution in [-0.4, -0.2) is 25.6 Å². The van der Waals surface area contributed by atoms with Crippen LogP contribution in [0.2, 0.25) is 0 Å². The molecule has 1 atom stereocenters. The molecular formula is C24H22N4O3. The maximum atomic E-state index is 13.2. The van der Waals surface area contributed by atoms with Gasteiger partial charge < -0.3 is 10.4 Å². The van der Waals surface area contributed by atoms with E-state index < -0.39 is 5.97 Å². The number of rotatable bonds is 5. The van der Waals surface area contributed by atoms with Gasteiger partial charge in [-0.05, 0) is 37.6 Å². The number of hydrogen-bond acceptors (Lipinski definition) is 5. The molecule has 0 unspecified atom stereocenters. The van der Waals surface area contributed by atoms with Gasteiger partial charge in [-0.25, -0.2) is 14.8 Å². The zero-order valence-electron chi connectivity index (χ0n) is 17.5. The molecule has 4 aromatic rings. The van der Waals surface area contributed by atoms with E-state index in [2.05, 4.69) is 10.3 Å². The largest absolute Gasteiger partial charge is 0.478 e. The summed E-state index contributed by atoms with van der Waals surface area (Å²) in [7, 11) is 1.72. The van der Waals surface area contributed by atoms with E-state index in [1.807, 2.05) is 56.3 Å². The van der Waals surface area contributed by atoms with Crippen molar-refractivity contribution in [1.29, 1.82) is 0 Å². The number of nitrogens with one attached hydrogen (secondary N) is 1. The number of pyridine rings is 1. The van der Waals surface area contributed by atoms with Gasteiger partial charge >= 0.3 is 5.97 Å². The average molecular weight is 414 g/mol. The molecule has 156 valence electrons.